The zero-order valence-electron chi connectivity index (χ0n) is 23.8. The van der Waals surface area contributed by atoms with Crippen LogP contribution < -0.4 is 9.62 Å². The molecule has 0 aliphatic carbocycles. The van der Waals surface area contributed by atoms with Crippen molar-refractivity contribution in [1.29, 1.82) is 0 Å². The van der Waals surface area contributed by atoms with Gasteiger partial charge in [0.2, 0.25) is 21.8 Å². The second-order valence-corrected chi connectivity index (χ2v) is 12.9. The zero-order chi connectivity index (χ0) is 30.2. The maximum absolute atomic E-state index is 14.7. The molecule has 10 heteroatoms. The zero-order valence-corrected chi connectivity index (χ0v) is 24.6. The molecule has 0 aliphatic rings. The number of hydrogen-bond donors (Lipinski definition) is 1. The van der Waals surface area contributed by atoms with Crippen LogP contribution in [0.5, 0.6) is 0 Å². The van der Waals surface area contributed by atoms with Crippen LogP contribution in [-0.2, 0) is 32.6 Å². The van der Waals surface area contributed by atoms with Crippen molar-refractivity contribution in [2.75, 3.05) is 17.1 Å². The van der Waals surface area contributed by atoms with E-state index in [9.17, 15) is 26.8 Å². The molecular formula is C31H37F2N3O4S. The number of hydrogen-bond acceptors (Lipinski definition) is 4. The van der Waals surface area contributed by atoms with Gasteiger partial charge in [0.1, 0.15) is 17.7 Å². The molecule has 0 aliphatic heterocycles. The summed E-state index contributed by atoms with van der Waals surface area (Å²) in [5.41, 5.74) is 0.355. The average Bonchev–Trinajstić information content (AvgIpc) is 2.89. The topological polar surface area (TPSA) is 86.8 Å². The largest absolute Gasteiger partial charge is 0.350 e. The van der Waals surface area contributed by atoms with Crippen LogP contribution in [0, 0.1) is 11.6 Å². The number of nitrogens with zero attached hydrogens (tertiary/aromatic N) is 2. The fourth-order valence-electron chi connectivity index (χ4n) is 4.45. The van der Waals surface area contributed by atoms with E-state index in [1.807, 2.05) is 51.1 Å². The Kier molecular flexibility index (Phi) is 10.6. The first kappa shape index (κ1) is 31.7. The fourth-order valence-corrected chi connectivity index (χ4v) is 5.42. The van der Waals surface area contributed by atoms with Crippen LogP contribution >= 0.6 is 0 Å². The summed E-state index contributed by atoms with van der Waals surface area (Å²) in [6.45, 7) is 5.17. The summed E-state index contributed by atoms with van der Waals surface area (Å²) in [6.07, 6.45) is 1.06. The molecule has 0 radical (unpaired) electrons. The Hall–Kier alpha value is -3.79. The molecule has 0 saturated heterocycles. The molecule has 0 fully saturated rings. The van der Waals surface area contributed by atoms with Gasteiger partial charge in [-0.3, -0.25) is 13.9 Å². The number of carbonyl (C=O) groups is 2. The second kappa shape index (κ2) is 13.7. The number of benzene rings is 3. The lowest BCUT2D eigenvalue weighted by Gasteiger charge is -2.34. The van der Waals surface area contributed by atoms with Gasteiger partial charge in [0.25, 0.3) is 0 Å². The predicted octanol–water partition coefficient (Wildman–Crippen LogP) is 5.07. The number of rotatable bonds is 12. The number of sulfonamides is 1. The number of carbonyl (C=O) groups excluding carboxylic acids is 2. The Morgan fingerprint density at radius 1 is 0.878 bits per heavy atom. The minimum Gasteiger partial charge on any atom is -0.350 e. The van der Waals surface area contributed by atoms with Crippen LogP contribution in [-0.4, -0.2) is 49.5 Å². The second-order valence-electron chi connectivity index (χ2n) is 10.9. The smallest absolute Gasteiger partial charge is 0.243 e. The highest BCUT2D eigenvalue weighted by molar-refractivity contribution is 7.92. The third-order valence-electron chi connectivity index (χ3n) is 6.34. The van der Waals surface area contributed by atoms with Gasteiger partial charge in [0, 0.05) is 37.0 Å². The number of anilines is 1. The maximum atomic E-state index is 14.7. The maximum Gasteiger partial charge on any atom is 0.243 e. The van der Waals surface area contributed by atoms with E-state index in [-0.39, 0.29) is 43.6 Å². The minimum absolute atomic E-state index is 0.0486. The molecule has 3 aromatic rings. The van der Waals surface area contributed by atoms with Gasteiger partial charge in [-0.25, -0.2) is 17.2 Å². The molecule has 0 heterocycles. The first-order valence-electron chi connectivity index (χ1n) is 13.4. The van der Waals surface area contributed by atoms with Crippen LogP contribution in [0.15, 0.2) is 78.9 Å². The fraction of sp³-hybridized carbons (Fsp3) is 0.355. The van der Waals surface area contributed by atoms with Crippen molar-refractivity contribution in [3.8, 4) is 0 Å². The first-order chi connectivity index (χ1) is 19.3. The number of para-hydroxylation sites is 1. The van der Waals surface area contributed by atoms with E-state index in [1.165, 1.54) is 29.2 Å². The first-order valence-corrected chi connectivity index (χ1v) is 15.2. The molecular weight excluding hydrogens is 548 g/mol. The summed E-state index contributed by atoms with van der Waals surface area (Å²) in [7, 11) is -3.85. The van der Waals surface area contributed by atoms with E-state index in [0.29, 0.717) is 0 Å². The van der Waals surface area contributed by atoms with Crippen LogP contribution in [0.4, 0.5) is 14.5 Å². The van der Waals surface area contributed by atoms with E-state index in [2.05, 4.69) is 5.32 Å². The van der Waals surface area contributed by atoms with Crippen molar-refractivity contribution < 1.29 is 26.8 Å². The van der Waals surface area contributed by atoms with Crippen LogP contribution in [0.2, 0.25) is 0 Å². The summed E-state index contributed by atoms with van der Waals surface area (Å²) < 4.78 is 55.1. The highest BCUT2D eigenvalue weighted by atomic mass is 32.2. The van der Waals surface area contributed by atoms with Crippen molar-refractivity contribution in [3.05, 3.63) is 102 Å². The van der Waals surface area contributed by atoms with Gasteiger partial charge in [0.05, 0.1) is 11.9 Å². The predicted molar refractivity (Wildman–Crippen MR) is 157 cm³/mol. The highest BCUT2D eigenvalue weighted by Gasteiger charge is 2.33. The molecule has 3 aromatic carbocycles. The Bertz CT molecular complexity index is 1440. The van der Waals surface area contributed by atoms with Crippen LogP contribution in [0.3, 0.4) is 0 Å². The molecule has 1 N–H and O–H groups in total. The molecule has 0 aromatic heterocycles. The summed E-state index contributed by atoms with van der Waals surface area (Å²) in [5.74, 6) is -2.06. The third-order valence-corrected chi connectivity index (χ3v) is 7.52. The summed E-state index contributed by atoms with van der Waals surface area (Å²) in [6, 6.07) is 19.8. The van der Waals surface area contributed by atoms with E-state index in [4.69, 9.17) is 0 Å². The van der Waals surface area contributed by atoms with Gasteiger partial charge in [-0.2, -0.15) is 0 Å². The van der Waals surface area contributed by atoms with E-state index in [0.717, 1.165) is 22.2 Å². The van der Waals surface area contributed by atoms with Gasteiger partial charge < -0.3 is 10.2 Å². The Labute approximate surface area is 241 Å². The van der Waals surface area contributed by atoms with Gasteiger partial charge in [0.15, 0.2) is 0 Å². The SMILES string of the molecule is CC(C)(C)NC(=O)[C@H](Cc1ccccc1)N(Cc1ccccc1F)C(=O)CCCN(c1ccccc1F)S(C)(=O)=O. The van der Waals surface area contributed by atoms with Gasteiger partial charge in [-0.05, 0) is 51.0 Å². The van der Waals surface area contributed by atoms with Gasteiger partial charge in [-0.1, -0.05) is 60.7 Å². The molecule has 0 bridgehead atoms. The van der Waals surface area contributed by atoms with Crippen molar-refractivity contribution in [2.24, 2.45) is 0 Å². The molecule has 1 atom stereocenters. The minimum atomic E-state index is -3.85. The molecule has 2 amide bonds. The monoisotopic (exact) mass is 585 g/mol. The van der Waals surface area contributed by atoms with Crippen molar-refractivity contribution in [3.63, 3.8) is 0 Å². The lowest BCUT2D eigenvalue weighted by atomic mass is 10.00. The van der Waals surface area contributed by atoms with Crippen LogP contribution in [0.1, 0.15) is 44.7 Å². The van der Waals surface area contributed by atoms with E-state index >= 15 is 0 Å². The molecule has 3 rings (SSSR count). The third kappa shape index (κ3) is 9.38. The normalized spacial score (nSPS) is 12.4. The number of halogens is 2. The van der Waals surface area contributed by atoms with Gasteiger partial charge >= 0.3 is 0 Å². The molecule has 7 nitrogen and oxygen atoms in total. The lowest BCUT2D eigenvalue weighted by Crippen LogP contribution is -2.54. The standard InChI is InChI=1S/C31H37F2N3O4S/c1-31(2,3)34-30(38)28(21-23-13-6-5-7-14-23)35(22-24-15-8-9-16-25(24)32)29(37)19-12-20-36(41(4,39)40)27-18-11-10-17-26(27)33/h5-11,13-18,28H,12,19-22H2,1-4H3,(H,34,38)/t28-/m0/s1. The summed E-state index contributed by atoms with van der Waals surface area (Å²) >= 11 is 0. The van der Waals surface area contributed by atoms with Gasteiger partial charge in [-0.15, -0.1) is 0 Å². The average molecular weight is 586 g/mol. The molecule has 0 spiro atoms. The summed E-state index contributed by atoms with van der Waals surface area (Å²) in [5, 5.41) is 2.94. The highest BCUT2D eigenvalue weighted by Crippen LogP contribution is 2.23. The molecule has 220 valence electrons. The van der Waals surface area contributed by atoms with E-state index in [1.54, 1.807) is 18.2 Å². The Morgan fingerprint density at radius 2 is 1.46 bits per heavy atom. The van der Waals surface area contributed by atoms with Crippen molar-refractivity contribution in [2.45, 2.75) is 58.2 Å². The quantitative estimate of drug-likeness (QED) is 0.322. The van der Waals surface area contributed by atoms with Crippen molar-refractivity contribution >= 4 is 27.5 Å². The van der Waals surface area contributed by atoms with Crippen LogP contribution in [0.25, 0.3) is 0 Å². The van der Waals surface area contributed by atoms with E-state index < -0.39 is 45.1 Å². The molecule has 0 unspecified atom stereocenters. The summed E-state index contributed by atoms with van der Waals surface area (Å²) in [4.78, 5) is 28.7. The number of nitrogens with one attached hydrogen (secondary N) is 1. The van der Waals surface area contributed by atoms with Crippen molar-refractivity contribution in [1.82, 2.24) is 10.2 Å². The Balaban J connectivity index is 1.92. The Morgan fingerprint density at radius 3 is 2.05 bits per heavy atom. The lowest BCUT2D eigenvalue weighted by molar-refractivity contribution is -0.142. The molecule has 0 saturated carbocycles. The molecule has 41 heavy (non-hydrogen) atoms. The number of amides is 2.